The Morgan fingerprint density at radius 1 is 0.952 bits per heavy atom. The first-order valence-corrected chi connectivity index (χ1v) is 10.1. The van der Waals surface area contributed by atoms with Gasteiger partial charge in [-0.05, 0) is 67.7 Å². The van der Waals surface area contributed by atoms with Gasteiger partial charge in [0.15, 0.2) is 0 Å². The van der Waals surface area contributed by atoms with Gasteiger partial charge in [-0.15, -0.1) is 11.3 Å². The molecule has 4 rings (SSSR count). The first-order valence-electron chi connectivity index (χ1n) is 9.19. The molecule has 21 heavy (non-hydrogen) atoms. The smallest absolute Gasteiger partial charge is 0.0445 e. The molecule has 3 unspecified atom stereocenters. The van der Waals surface area contributed by atoms with Crippen LogP contribution in [-0.2, 0) is 0 Å². The van der Waals surface area contributed by atoms with Gasteiger partial charge in [-0.25, -0.2) is 0 Å². The molecule has 3 atom stereocenters. The molecule has 0 aliphatic heterocycles. The van der Waals surface area contributed by atoms with E-state index in [1.54, 1.807) is 4.88 Å². The van der Waals surface area contributed by atoms with Gasteiger partial charge in [0.2, 0.25) is 0 Å². The van der Waals surface area contributed by atoms with Gasteiger partial charge in [0.25, 0.3) is 0 Å². The number of thiophene rings is 1. The second kappa shape index (κ2) is 6.42. The van der Waals surface area contributed by atoms with E-state index in [4.69, 9.17) is 0 Å². The summed E-state index contributed by atoms with van der Waals surface area (Å²) < 4.78 is 0. The first kappa shape index (κ1) is 14.3. The summed E-state index contributed by atoms with van der Waals surface area (Å²) >= 11 is 1.96. The highest BCUT2D eigenvalue weighted by molar-refractivity contribution is 7.10. The molecule has 1 aromatic rings. The van der Waals surface area contributed by atoms with Crippen molar-refractivity contribution in [1.82, 2.24) is 5.32 Å². The van der Waals surface area contributed by atoms with Crippen molar-refractivity contribution in [3.05, 3.63) is 22.4 Å². The molecule has 1 N–H and O–H groups in total. The molecule has 0 saturated heterocycles. The van der Waals surface area contributed by atoms with Gasteiger partial charge in [-0.1, -0.05) is 31.7 Å². The minimum absolute atomic E-state index is 0.649. The van der Waals surface area contributed by atoms with Gasteiger partial charge in [0, 0.05) is 17.0 Å². The van der Waals surface area contributed by atoms with E-state index in [0.717, 1.165) is 23.8 Å². The molecule has 3 fully saturated rings. The summed E-state index contributed by atoms with van der Waals surface area (Å²) in [5.74, 6) is 3.04. The van der Waals surface area contributed by atoms with E-state index >= 15 is 0 Å². The van der Waals surface area contributed by atoms with E-state index in [2.05, 4.69) is 22.8 Å². The average Bonchev–Trinajstić information content (AvgIpc) is 3.01. The molecule has 3 saturated carbocycles. The molecule has 3 aliphatic carbocycles. The topological polar surface area (TPSA) is 12.0 Å². The van der Waals surface area contributed by atoms with Gasteiger partial charge < -0.3 is 5.32 Å². The molecule has 0 amide bonds. The zero-order chi connectivity index (χ0) is 14.1. The highest BCUT2D eigenvalue weighted by Crippen LogP contribution is 2.45. The van der Waals surface area contributed by atoms with Crippen LogP contribution in [0.5, 0.6) is 0 Å². The SMILES string of the molecule is c1csc(C(NC2CCCC(C3CC3)C2)C2CCCC2)c1. The summed E-state index contributed by atoms with van der Waals surface area (Å²) in [7, 11) is 0. The molecule has 0 radical (unpaired) electrons. The third-order valence-electron chi connectivity index (χ3n) is 6.14. The molecular weight excluding hydrogens is 274 g/mol. The monoisotopic (exact) mass is 303 g/mol. The molecular formula is C19H29NS. The fraction of sp³-hybridized carbons (Fsp3) is 0.789. The Morgan fingerprint density at radius 2 is 1.81 bits per heavy atom. The maximum atomic E-state index is 4.12. The van der Waals surface area contributed by atoms with E-state index in [1.165, 1.54) is 64.2 Å². The van der Waals surface area contributed by atoms with Crippen LogP contribution in [0.25, 0.3) is 0 Å². The van der Waals surface area contributed by atoms with Crippen LogP contribution in [0.3, 0.4) is 0 Å². The van der Waals surface area contributed by atoms with Crippen LogP contribution in [0.4, 0.5) is 0 Å². The predicted molar refractivity (Wildman–Crippen MR) is 90.6 cm³/mol. The summed E-state index contributed by atoms with van der Waals surface area (Å²) in [6.07, 6.45) is 14.7. The summed E-state index contributed by atoms with van der Waals surface area (Å²) in [6.45, 7) is 0. The third kappa shape index (κ3) is 3.37. The Balaban J connectivity index is 1.43. The average molecular weight is 304 g/mol. The van der Waals surface area contributed by atoms with Crippen molar-refractivity contribution in [2.75, 3.05) is 0 Å². The minimum Gasteiger partial charge on any atom is -0.306 e. The standard InChI is InChI=1S/C19H29NS/c1-2-6-15(5-1)19(18-9-4-12-21-18)20-17-8-3-7-16(13-17)14-10-11-14/h4,9,12,14-17,19-20H,1-3,5-8,10-11,13H2. The van der Waals surface area contributed by atoms with Crippen LogP contribution in [0.1, 0.15) is 75.1 Å². The lowest BCUT2D eigenvalue weighted by Crippen LogP contribution is -2.39. The number of hydrogen-bond acceptors (Lipinski definition) is 2. The Morgan fingerprint density at radius 3 is 2.52 bits per heavy atom. The van der Waals surface area contributed by atoms with Gasteiger partial charge in [0.1, 0.15) is 0 Å². The van der Waals surface area contributed by atoms with E-state index in [9.17, 15) is 0 Å². The molecule has 0 bridgehead atoms. The summed E-state index contributed by atoms with van der Waals surface area (Å²) in [6, 6.07) is 6.03. The number of nitrogens with one attached hydrogen (secondary N) is 1. The molecule has 0 aromatic carbocycles. The van der Waals surface area contributed by atoms with Crippen molar-refractivity contribution < 1.29 is 0 Å². The Labute approximate surface area is 133 Å². The number of rotatable bonds is 5. The maximum Gasteiger partial charge on any atom is 0.0445 e. The normalized spacial score (nSPS) is 32.4. The quantitative estimate of drug-likeness (QED) is 0.753. The van der Waals surface area contributed by atoms with Crippen LogP contribution >= 0.6 is 11.3 Å². The lowest BCUT2D eigenvalue weighted by atomic mass is 9.82. The highest BCUT2D eigenvalue weighted by Gasteiger charge is 2.36. The van der Waals surface area contributed by atoms with Gasteiger partial charge in [-0.2, -0.15) is 0 Å². The van der Waals surface area contributed by atoms with Crippen molar-refractivity contribution in [2.24, 2.45) is 17.8 Å². The third-order valence-corrected chi connectivity index (χ3v) is 7.10. The maximum absolute atomic E-state index is 4.12. The van der Waals surface area contributed by atoms with E-state index in [-0.39, 0.29) is 0 Å². The molecule has 1 heterocycles. The van der Waals surface area contributed by atoms with Crippen LogP contribution in [0.2, 0.25) is 0 Å². The van der Waals surface area contributed by atoms with Crippen molar-refractivity contribution in [3.63, 3.8) is 0 Å². The van der Waals surface area contributed by atoms with E-state index in [0.29, 0.717) is 6.04 Å². The van der Waals surface area contributed by atoms with Gasteiger partial charge >= 0.3 is 0 Å². The summed E-state index contributed by atoms with van der Waals surface area (Å²) in [5.41, 5.74) is 0. The van der Waals surface area contributed by atoms with Crippen LogP contribution < -0.4 is 5.32 Å². The lowest BCUT2D eigenvalue weighted by Gasteiger charge is -2.35. The highest BCUT2D eigenvalue weighted by atomic mass is 32.1. The Kier molecular flexibility index (Phi) is 4.36. The van der Waals surface area contributed by atoms with Crippen LogP contribution in [0, 0.1) is 17.8 Å². The zero-order valence-electron chi connectivity index (χ0n) is 13.1. The lowest BCUT2D eigenvalue weighted by molar-refractivity contribution is 0.226. The van der Waals surface area contributed by atoms with Crippen molar-refractivity contribution in [3.8, 4) is 0 Å². The van der Waals surface area contributed by atoms with Crippen molar-refractivity contribution in [1.29, 1.82) is 0 Å². The molecule has 116 valence electrons. The fourth-order valence-electron chi connectivity index (χ4n) is 4.84. The molecule has 1 nitrogen and oxygen atoms in total. The molecule has 0 spiro atoms. The van der Waals surface area contributed by atoms with E-state index in [1.807, 2.05) is 11.3 Å². The predicted octanol–water partition coefficient (Wildman–Crippen LogP) is 5.54. The van der Waals surface area contributed by atoms with Gasteiger partial charge in [-0.3, -0.25) is 0 Å². The number of hydrogen-bond donors (Lipinski definition) is 1. The van der Waals surface area contributed by atoms with Gasteiger partial charge in [0.05, 0.1) is 0 Å². The van der Waals surface area contributed by atoms with Crippen molar-refractivity contribution in [2.45, 2.75) is 76.3 Å². The largest absolute Gasteiger partial charge is 0.306 e. The van der Waals surface area contributed by atoms with Crippen molar-refractivity contribution >= 4 is 11.3 Å². The van der Waals surface area contributed by atoms with E-state index < -0.39 is 0 Å². The molecule has 3 aliphatic rings. The molecule has 1 aromatic heterocycles. The summed E-state index contributed by atoms with van der Waals surface area (Å²) in [5, 5.41) is 6.38. The van der Waals surface area contributed by atoms with Crippen LogP contribution in [-0.4, -0.2) is 6.04 Å². The zero-order valence-corrected chi connectivity index (χ0v) is 13.9. The first-order chi connectivity index (χ1) is 10.4. The molecule has 2 heteroatoms. The van der Waals surface area contributed by atoms with Crippen LogP contribution in [0.15, 0.2) is 17.5 Å². The second-order valence-corrected chi connectivity index (χ2v) is 8.64. The Hall–Kier alpha value is -0.340. The summed E-state index contributed by atoms with van der Waals surface area (Å²) in [4.78, 5) is 1.59. The second-order valence-electron chi connectivity index (χ2n) is 7.67. The minimum atomic E-state index is 0.649. The fourth-order valence-corrected chi connectivity index (χ4v) is 5.72. The Bertz CT molecular complexity index is 430.